The van der Waals surface area contributed by atoms with E-state index in [2.05, 4.69) is 15.3 Å². The van der Waals surface area contributed by atoms with Crippen LogP contribution in [0, 0.1) is 0 Å². The topological polar surface area (TPSA) is 110 Å². The van der Waals surface area contributed by atoms with Crippen molar-refractivity contribution in [2.24, 2.45) is 11.5 Å². The number of carbonyl (C=O) groups is 1. The summed E-state index contributed by atoms with van der Waals surface area (Å²) in [6.45, 7) is 3.69. The number of primary amides is 1. The first-order valence-electron chi connectivity index (χ1n) is 5.77. The van der Waals surface area contributed by atoms with E-state index in [1.54, 1.807) is 6.92 Å². The Morgan fingerprint density at radius 2 is 2.06 bits per heavy atom. The fourth-order valence-corrected chi connectivity index (χ4v) is 1.54. The molecule has 1 aromatic heterocycles. The minimum atomic E-state index is -0.620. The normalized spacial score (nSPS) is 12.1. The van der Waals surface area contributed by atoms with Crippen molar-refractivity contribution in [3.05, 3.63) is 11.4 Å². The number of amides is 1. The Bertz CT molecular complexity index is 443. The highest BCUT2D eigenvalue weighted by Gasteiger charge is 2.18. The summed E-state index contributed by atoms with van der Waals surface area (Å²) in [5, 5.41) is 2.88. The zero-order chi connectivity index (χ0) is 13.9. The van der Waals surface area contributed by atoms with Crippen LogP contribution in [0.3, 0.4) is 0 Å². The SMILES string of the molecule is CCc1nc(C(N)=O)c(NC(C)N)nc1N(C)C. The molecule has 0 saturated carbocycles. The molecule has 1 heterocycles. The molecule has 1 amide bonds. The van der Waals surface area contributed by atoms with Crippen molar-refractivity contribution >= 4 is 17.5 Å². The summed E-state index contributed by atoms with van der Waals surface area (Å²) in [7, 11) is 3.73. The summed E-state index contributed by atoms with van der Waals surface area (Å²) < 4.78 is 0. The lowest BCUT2D eigenvalue weighted by molar-refractivity contribution is 0.0996. The Morgan fingerprint density at radius 3 is 2.44 bits per heavy atom. The molecule has 1 unspecified atom stereocenters. The molecule has 5 N–H and O–H groups in total. The second kappa shape index (κ2) is 5.63. The number of hydrogen-bond acceptors (Lipinski definition) is 6. The van der Waals surface area contributed by atoms with Crippen molar-refractivity contribution in [3.8, 4) is 0 Å². The van der Waals surface area contributed by atoms with Crippen LogP contribution in [-0.4, -0.2) is 36.1 Å². The van der Waals surface area contributed by atoms with E-state index in [0.29, 0.717) is 18.1 Å². The summed E-state index contributed by atoms with van der Waals surface area (Å²) in [6.07, 6.45) is 0.319. The number of anilines is 2. The predicted octanol–water partition coefficient (Wildman–Crippen LogP) is -0.0795. The van der Waals surface area contributed by atoms with Crippen molar-refractivity contribution in [2.45, 2.75) is 26.4 Å². The van der Waals surface area contributed by atoms with E-state index in [1.165, 1.54) is 0 Å². The number of rotatable bonds is 5. The monoisotopic (exact) mass is 252 g/mol. The minimum Gasteiger partial charge on any atom is -0.364 e. The summed E-state index contributed by atoms with van der Waals surface area (Å²) in [5.74, 6) is 0.398. The van der Waals surface area contributed by atoms with Crippen LogP contribution in [0.15, 0.2) is 0 Å². The van der Waals surface area contributed by atoms with Gasteiger partial charge in [0.15, 0.2) is 17.3 Å². The van der Waals surface area contributed by atoms with E-state index < -0.39 is 5.91 Å². The second-order valence-electron chi connectivity index (χ2n) is 4.24. The Balaban J connectivity index is 3.37. The van der Waals surface area contributed by atoms with E-state index >= 15 is 0 Å². The van der Waals surface area contributed by atoms with Crippen LogP contribution in [0.2, 0.25) is 0 Å². The maximum absolute atomic E-state index is 11.4. The van der Waals surface area contributed by atoms with Crippen LogP contribution in [0.5, 0.6) is 0 Å². The van der Waals surface area contributed by atoms with Crippen molar-refractivity contribution in [1.82, 2.24) is 9.97 Å². The van der Waals surface area contributed by atoms with E-state index in [1.807, 2.05) is 25.9 Å². The van der Waals surface area contributed by atoms with Gasteiger partial charge in [-0.05, 0) is 13.3 Å². The fourth-order valence-electron chi connectivity index (χ4n) is 1.54. The van der Waals surface area contributed by atoms with Gasteiger partial charge in [0.1, 0.15) is 0 Å². The number of nitrogens with two attached hydrogens (primary N) is 2. The summed E-state index contributed by atoms with van der Waals surface area (Å²) in [5.41, 5.74) is 11.8. The molecule has 1 rings (SSSR count). The molecule has 18 heavy (non-hydrogen) atoms. The molecule has 1 aromatic rings. The first-order chi connectivity index (χ1) is 8.36. The third-order valence-electron chi connectivity index (χ3n) is 2.30. The van der Waals surface area contributed by atoms with Gasteiger partial charge in [-0.3, -0.25) is 4.79 Å². The molecule has 0 saturated heterocycles. The summed E-state index contributed by atoms with van der Waals surface area (Å²) in [6, 6.07) is 0. The van der Waals surface area contributed by atoms with Gasteiger partial charge in [-0.1, -0.05) is 6.92 Å². The van der Waals surface area contributed by atoms with E-state index in [0.717, 1.165) is 5.69 Å². The van der Waals surface area contributed by atoms with Crippen LogP contribution >= 0.6 is 0 Å². The maximum Gasteiger partial charge on any atom is 0.271 e. The Hall–Kier alpha value is -1.89. The number of carbonyl (C=O) groups excluding carboxylic acids is 1. The molecule has 0 bridgehead atoms. The Kier molecular flexibility index (Phi) is 4.43. The van der Waals surface area contributed by atoms with Crippen molar-refractivity contribution < 1.29 is 4.79 Å². The van der Waals surface area contributed by atoms with Gasteiger partial charge in [0.2, 0.25) is 0 Å². The fraction of sp³-hybridized carbons (Fsp3) is 0.545. The van der Waals surface area contributed by atoms with Crippen molar-refractivity contribution in [1.29, 1.82) is 0 Å². The van der Waals surface area contributed by atoms with Gasteiger partial charge in [0.05, 0.1) is 11.9 Å². The largest absolute Gasteiger partial charge is 0.364 e. The average Bonchev–Trinajstić information content (AvgIpc) is 2.27. The minimum absolute atomic E-state index is 0.120. The van der Waals surface area contributed by atoms with E-state index in [4.69, 9.17) is 11.5 Å². The van der Waals surface area contributed by atoms with Crippen LogP contribution in [0.1, 0.15) is 30.0 Å². The van der Waals surface area contributed by atoms with Gasteiger partial charge < -0.3 is 21.7 Å². The molecule has 0 radical (unpaired) electrons. The third kappa shape index (κ3) is 3.07. The smallest absolute Gasteiger partial charge is 0.271 e. The molecule has 1 atom stereocenters. The number of nitrogens with one attached hydrogen (secondary N) is 1. The quantitative estimate of drug-likeness (QED) is 0.632. The Morgan fingerprint density at radius 1 is 1.44 bits per heavy atom. The van der Waals surface area contributed by atoms with Crippen LogP contribution in [0.4, 0.5) is 11.6 Å². The highest BCUT2D eigenvalue weighted by molar-refractivity contribution is 5.95. The highest BCUT2D eigenvalue weighted by Crippen LogP contribution is 2.20. The predicted molar refractivity (Wildman–Crippen MR) is 71.5 cm³/mol. The number of hydrogen-bond donors (Lipinski definition) is 3. The zero-order valence-electron chi connectivity index (χ0n) is 11.2. The molecular formula is C11H20N6O. The van der Waals surface area contributed by atoms with Crippen LogP contribution < -0.4 is 21.7 Å². The van der Waals surface area contributed by atoms with E-state index in [-0.39, 0.29) is 11.9 Å². The van der Waals surface area contributed by atoms with Gasteiger partial charge in [-0.2, -0.15) is 0 Å². The molecule has 0 fully saturated rings. The molecule has 0 spiro atoms. The standard InChI is InChI=1S/C11H20N6O/c1-5-7-11(17(3)4)16-10(14-6(2)12)8(15-7)9(13)18/h6H,5,12H2,1-4H3,(H2,13,18)(H,14,16). The third-order valence-corrected chi connectivity index (χ3v) is 2.30. The summed E-state index contributed by atoms with van der Waals surface area (Å²) >= 11 is 0. The lowest BCUT2D eigenvalue weighted by atomic mass is 10.2. The molecule has 7 nitrogen and oxygen atoms in total. The van der Waals surface area contributed by atoms with Gasteiger partial charge in [-0.25, -0.2) is 9.97 Å². The number of nitrogens with zero attached hydrogens (tertiary/aromatic N) is 3. The van der Waals surface area contributed by atoms with Crippen LogP contribution in [-0.2, 0) is 6.42 Å². The van der Waals surface area contributed by atoms with Gasteiger partial charge in [0.25, 0.3) is 5.91 Å². The molecule has 100 valence electrons. The highest BCUT2D eigenvalue weighted by atomic mass is 16.1. The van der Waals surface area contributed by atoms with Crippen LogP contribution in [0.25, 0.3) is 0 Å². The molecule has 0 aliphatic heterocycles. The Labute approximate surface area is 107 Å². The van der Waals surface area contributed by atoms with Crippen molar-refractivity contribution in [3.63, 3.8) is 0 Å². The molecular weight excluding hydrogens is 232 g/mol. The van der Waals surface area contributed by atoms with Gasteiger partial charge in [-0.15, -0.1) is 0 Å². The molecule has 0 aromatic carbocycles. The first-order valence-corrected chi connectivity index (χ1v) is 5.77. The molecule has 0 aliphatic carbocycles. The van der Waals surface area contributed by atoms with E-state index in [9.17, 15) is 4.79 Å². The number of aromatic nitrogens is 2. The lowest BCUT2D eigenvalue weighted by Gasteiger charge is -2.19. The zero-order valence-corrected chi connectivity index (χ0v) is 11.2. The first kappa shape index (κ1) is 14.2. The second-order valence-corrected chi connectivity index (χ2v) is 4.24. The molecule has 0 aliphatic rings. The van der Waals surface area contributed by atoms with Gasteiger partial charge in [0, 0.05) is 14.1 Å². The lowest BCUT2D eigenvalue weighted by Crippen LogP contribution is -2.29. The van der Waals surface area contributed by atoms with Gasteiger partial charge >= 0.3 is 0 Å². The maximum atomic E-state index is 11.4. The number of aryl methyl sites for hydroxylation is 1. The van der Waals surface area contributed by atoms with Crippen molar-refractivity contribution in [2.75, 3.05) is 24.3 Å². The molecule has 7 heteroatoms. The average molecular weight is 252 g/mol. The summed E-state index contributed by atoms with van der Waals surface area (Å²) in [4.78, 5) is 21.9.